The van der Waals surface area contributed by atoms with E-state index < -0.39 is 0 Å². The first-order chi connectivity index (χ1) is 11.6. The van der Waals surface area contributed by atoms with Crippen molar-refractivity contribution in [3.63, 3.8) is 0 Å². The van der Waals surface area contributed by atoms with Crippen molar-refractivity contribution in [2.24, 2.45) is 11.3 Å². The van der Waals surface area contributed by atoms with Gasteiger partial charge in [-0.1, -0.05) is 79.1 Å². The Labute approximate surface area is 154 Å². The van der Waals surface area contributed by atoms with Crippen LogP contribution in [-0.4, -0.2) is 5.97 Å². The Kier molecular flexibility index (Phi) is 15.1. The third-order valence-corrected chi connectivity index (χ3v) is 5.76. The number of hydrogen-bond donors (Lipinski definition) is 0. The minimum Gasteiger partial charge on any atom is -0.451 e. The normalized spacial score (nSPS) is 13.0. The summed E-state index contributed by atoms with van der Waals surface area (Å²) in [6, 6.07) is 0. The van der Waals surface area contributed by atoms with Crippen molar-refractivity contribution >= 4 is 15.4 Å². The second-order valence-electron chi connectivity index (χ2n) is 7.63. The van der Waals surface area contributed by atoms with E-state index in [1.54, 1.807) is 0 Å². The van der Waals surface area contributed by atoms with Crippen LogP contribution in [0, 0.1) is 11.3 Å². The zero-order valence-corrected chi connectivity index (χ0v) is 18.0. The van der Waals surface area contributed by atoms with Crippen LogP contribution in [0.3, 0.4) is 0 Å². The largest absolute Gasteiger partial charge is 0.451 e. The highest BCUT2D eigenvalue weighted by molar-refractivity contribution is 7.10. The first kappa shape index (κ1) is 23.9. The van der Waals surface area contributed by atoms with Gasteiger partial charge in [0.2, 0.25) is 0 Å². The maximum Gasteiger partial charge on any atom is 0.311 e. The van der Waals surface area contributed by atoms with E-state index in [4.69, 9.17) is 4.52 Å². The van der Waals surface area contributed by atoms with Crippen LogP contribution in [0.4, 0.5) is 0 Å². The van der Waals surface area contributed by atoms with Gasteiger partial charge in [0.25, 0.3) is 0 Å². The van der Waals surface area contributed by atoms with E-state index in [1.807, 2.05) is 0 Å². The van der Waals surface area contributed by atoms with Gasteiger partial charge in [0.15, 0.2) is 0 Å². The molecule has 0 heterocycles. The van der Waals surface area contributed by atoms with Gasteiger partial charge >= 0.3 is 5.97 Å². The molecule has 0 fully saturated rings. The molecule has 0 spiro atoms. The Morgan fingerprint density at radius 3 is 1.62 bits per heavy atom. The van der Waals surface area contributed by atoms with Gasteiger partial charge in [-0.05, 0) is 43.9 Å². The maximum absolute atomic E-state index is 11.9. The quantitative estimate of drug-likeness (QED) is 0.268. The molecule has 0 saturated carbocycles. The topological polar surface area (TPSA) is 26.3 Å². The summed E-state index contributed by atoms with van der Waals surface area (Å²) in [7, 11) is 2.12. The van der Waals surface area contributed by atoms with Crippen LogP contribution in [-0.2, 0) is 9.32 Å². The monoisotopic (exact) mass is 358 g/mol. The Morgan fingerprint density at radius 1 is 0.792 bits per heavy atom. The number of carbonyl (C=O) groups excluding carboxylic acids is 1. The minimum absolute atomic E-state index is 0.0388. The molecule has 2 atom stereocenters. The van der Waals surface area contributed by atoms with Gasteiger partial charge in [-0.15, -0.1) is 0 Å². The third-order valence-electron chi connectivity index (χ3n) is 5.53. The van der Waals surface area contributed by atoms with E-state index in [0.29, 0.717) is 5.41 Å². The van der Waals surface area contributed by atoms with Crippen LogP contribution >= 0.6 is 9.47 Å². The first-order valence-corrected chi connectivity index (χ1v) is 11.0. The van der Waals surface area contributed by atoms with Crippen molar-refractivity contribution in [2.75, 3.05) is 0 Å². The lowest BCUT2D eigenvalue weighted by Crippen LogP contribution is -2.22. The fourth-order valence-corrected chi connectivity index (χ4v) is 4.15. The average Bonchev–Trinajstić information content (AvgIpc) is 2.61. The summed E-state index contributed by atoms with van der Waals surface area (Å²) < 4.78 is 4.92. The standard InChI is InChI=1S/C21H43O2P/c1-5-9-15-21(16-10-6-2,17-11-7-3)18-12-14-19(13-8-4)20(22)23-24/h19H,5-18,24H2,1-4H3. The molecule has 0 aromatic carbocycles. The Balaban J connectivity index is 4.76. The van der Waals surface area contributed by atoms with Crippen LogP contribution in [0.2, 0.25) is 0 Å². The van der Waals surface area contributed by atoms with E-state index in [-0.39, 0.29) is 11.9 Å². The number of hydrogen-bond acceptors (Lipinski definition) is 2. The van der Waals surface area contributed by atoms with Crippen LogP contribution < -0.4 is 0 Å². The van der Waals surface area contributed by atoms with Gasteiger partial charge in [0.05, 0.1) is 15.4 Å². The van der Waals surface area contributed by atoms with Crippen molar-refractivity contribution in [2.45, 2.75) is 118 Å². The molecule has 0 amide bonds. The summed E-state index contributed by atoms with van der Waals surface area (Å²) in [5, 5.41) is 0. The molecule has 0 aliphatic carbocycles. The van der Waals surface area contributed by atoms with Crippen molar-refractivity contribution < 1.29 is 9.32 Å². The molecule has 0 aliphatic rings. The molecule has 2 unspecified atom stereocenters. The molecule has 144 valence electrons. The van der Waals surface area contributed by atoms with Crippen molar-refractivity contribution in [1.82, 2.24) is 0 Å². The van der Waals surface area contributed by atoms with Gasteiger partial charge in [0, 0.05) is 0 Å². The molecule has 0 saturated heterocycles. The lowest BCUT2D eigenvalue weighted by molar-refractivity contribution is -0.138. The molecule has 0 aliphatic heterocycles. The fraction of sp³-hybridized carbons (Fsp3) is 0.952. The molecule has 0 bridgehead atoms. The SMILES string of the molecule is CCCCC(CCCC)(CCCC)CCCC(CCC)C(=O)OP. The van der Waals surface area contributed by atoms with Crippen LogP contribution in [0.5, 0.6) is 0 Å². The van der Waals surface area contributed by atoms with Crippen molar-refractivity contribution in [1.29, 1.82) is 0 Å². The van der Waals surface area contributed by atoms with E-state index in [2.05, 4.69) is 37.2 Å². The van der Waals surface area contributed by atoms with Gasteiger partial charge in [-0.25, -0.2) is 0 Å². The van der Waals surface area contributed by atoms with E-state index in [1.165, 1.54) is 70.6 Å². The number of carbonyl (C=O) groups is 1. The van der Waals surface area contributed by atoms with Gasteiger partial charge in [-0.3, -0.25) is 4.79 Å². The smallest absolute Gasteiger partial charge is 0.311 e. The lowest BCUT2D eigenvalue weighted by atomic mass is 9.70. The summed E-state index contributed by atoms with van der Waals surface area (Å²) >= 11 is 0. The molecule has 0 aromatic heterocycles. The lowest BCUT2D eigenvalue weighted by Gasteiger charge is -2.35. The molecule has 3 heteroatoms. The van der Waals surface area contributed by atoms with Gasteiger partial charge < -0.3 is 4.52 Å². The average molecular weight is 359 g/mol. The second kappa shape index (κ2) is 15.2. The first-order valence-electron chi connectivity index (χ1n) is 10.5. The van der Waals surface area contributed by atoms with Crippen LogP contribution in [0.25, 0.3) is 0 Å². The zero-order chi connectivity index (χ0) is 18.3. The van der Waals surface area contributed by atoms with Gasteiger partial charge in [0.1, 0.15) is 0 Å². The molecular weight excluding hydrogens is 315 g/mol. The molecule has 0 aromatic rings. The third kappa shape index (κ3) is 10.0. The molecule has 24 heavy (non-hydrogen) atoms. The summed E-state index contributed by atoms with van der Waals surface area (Å²) in [5.41, 5.74) is 0.518. The molecule has 0 rings (SSSR count). The summed E-state index contributed by atoms with van der Waals surface area (Å²) in [6.45, 7) is 9.06. The zero-order valence-electron chi connectivity index (χ0n) is 16.9. The predicted octanol–water partition coefficient (Wildman–Crippen LogP) is 7.46. The van der Waals surface area contributed by atoms with E-state index in [0.717, 1.165) is 19.3 Å². The molecular formula is C21H43O2P. The molecule has 0 radical (unpaired) electrons. The maximum atomic E-state index is 11.9. The Bertz CT molecular complexity index is 282. The predicted molar refractivity (Wildman–Crippen MR) is 109 cm³/mol. The highest BCUT2D eigenvalue weighted by Crippen LogP contribution is 2.41. The van der Waals surface area contributed by atoms with Crippen LogP contribution in [0.15, 0.2) is 0 Å². The Morgan fingerprint density at radius 2 is 1.25 bits per heavy atom. The van der Waals surface area contributed by atoms with Crippen molar-refractivity contribution in [3.05, 3.63) is 0 Å². The molecule has 0 N–H and O–H groups in total. The van der Waals surface area contributed by atoms with E-state index >= 15 is 0 Å². The fourth-order valence-electron chi connectivity index (χ4n) is 3.95. The summed E-state index contributed by atoms with van der Waals surface area (Å²) in [4.78, 5) is 11.9. The van der Waals surface area contributed by atoms with Crippen LogP contribution in [0.1, 0.15) is 118 Å². The highest BCUT2D eigenvalue weighted by atomic mass is 31.0. The number of rotatable bonds is 16. The summed E-state index contributed by atoms with van der Waals surface area (Å²) in [5.74, 6) is 0.0526. The second-order valence-corrected chi connectivity index (χ2v) is 7.86. The van der Waals surface area contributed by atoms with E-state index in [9.17, 15) is 4.79 Å². The Hall–Kier alpha value is -0.100. The van der Waals surface area contributed by atoms with Gasteiger partial charge in [-0.2, -0.15) is 0 Å². The molecule has 2 nitrogen and oxygen atoms in total. The highest BCUT2D eigenvalue weighted by Gasteiger charge is 2.29. The summed E-state index contributed by atoms with van der Waals surface area (Å²) in [6.07, 6.45) is 17.5. The number of unbranched alkanes of at least 4 members (excludes halogenated alkanes) is 3. The minimum atomic E-state index is -0.0388. The van der Waals surface area contributed by atoms with Crippen molar-refractivity contribution in [3.8, 4) is 0 Å².